The predicted octanol–water partition coefficient (Wildman–Crippen LogP) is -1.71. The first-order valence-electron chi connectivity index (χ1n) is 19.3. The molecule has 4 aromatic rings. The third-order valence-corrected chi connectivity index (χ3v) is 10.5. The van der Waals surface area contributed by atoms with Gasteiger partial charge in [0.15, 0.2) is 23.9 Å². The topological polar surface area (TPSA) is 356 Å². The standard InChI is InChI=1S/C41H44O22/c42-13-27-31(50)33(52)36(55)40(61-27)59-25-11-19(44)10-24-20(25)12-26(37(58-24)17-4-7-21(45)22(46)9-17)60-41-38(63-39-35(54)30(49)23(47)14-57-39)34(53)32(51)28(62-41)15-56-29(48)8-3-16-1-5-18(43)6-2-16/h1-12,23,27-28,30-36,38-42,47,49-55H,13-15H2,(H3-,43,44,45,46,48)/p+1/t23-,27-,28-,30+,31-,32-,33+,34+,35-,36-,38-,39+,40-,41-/m0/s1. The summed E-state index contributed by atoms with van der Waals surface area (Å²) in [6.07, 6.45) is -22.3. The number of rotatable bonds is 12. The largest absolute Gasteiger partial charge is 0.508 e. The van der Waals surface area contributed by atoms with Gasteiger partial charge in [0.1, 0.15) is 90.3 Å². The van der Waals surface area contributed by atoms with Gasteiger partial charge < -0.3 is 99.5 Å². The zero-order chi connectivity index (χ0) is 45.3. The highest BCUT2D eigenvalue weighted by atomic mass is 16.8. The Labute approximate surface area is 355 Å². The molecule has 0 saturated carbocycles. The summed E-state index contributed by atoms with van der Waals surface area (Å²) in [5.41, 5.74) is 0.390. The van der Waals surface area contributed by atoms with Crippen molar-refractivity contribution in [2.45, 2.75) is 86.0 Å². The van der Waals surface area contributed by atoms with Crippen LogP contribution in [0.3, 0.4) is 0 Å². The lowest BCUT2D eigenvalue weighted by Gasteiger charge is -2.44. The van der Waals surface area contributed by atoms with Crippen LogP contribution in [0.4, 0.5) is 0 Å². The lowest BCUT2D eigenvalue weighted by Crippen LogP contribution is -2.64. The van der Waals surface area contributed by atoms with Gasteiger partial charge in [0.2, 0.25) is 18.3 Å². The molecule has 63 heavy (non-hydrogen) atoms. The van der Waals surface area contributed by atoms with Gasteiger partial charge in [0.05, 0.1) is 24.8 Å². The Balaban J connectivity index is 1.26. The molecule has 3 aliphatic rings. The fourth-order valence-electron chi connectivity index (χ4n) is 6.94. The van der Waals surface area contributed by atoms with Crippen LogP contribution in [0.25, 0.3) is 28.4 Å². The predicted molar refractivity (Wildman–Crippen MR) is 207 cm³/mol. The summed E-state index contributed by atoms with van der Waals surface area (Å²) in [5, 5.41) is 136. The average Bonchev–Trinajstić information content (AvgIpc) is 3.26. The van der Waals surface area contributed by atoms with E-state index in [9.17, 15) is 71.2 Å². The van der Waals surface area contributed by atoms with Crippen molar-refractivity contribution < 1.29 is 109 Å². The second-order valence-electron chi connectivity index (χ2n) is 14.9. The third kappa shape index (κ3) is 9.88. The van der Waals surface area contributed by atoms with Crippen LogP contribution in [0, 0.1) is 0 Å². The van der Waals surface area contributed by atoms with Crippen molar-refractivity contribution in [2.75, 3.05) is 19.8 Å². The summed E-state index contributed by atoms with van der Waals surface area (Å²) in [5.74, 6) is -3.43. The van der Waals surface area contributed by atoms with Crippen LogP contribution in [-0.2, 0) is 28.5 Å². The summed E-state index contributed by atoms with van der Waals surface area (Å²) < 4.78 is 46.4. The molecular weight excluding hydrogens is 844 g/mol. The van der Waals surface area contributed by atoms with Crippen LogP contribution in [0.5, 0.6) is 34.5 Å². The van der Waals surface area contributed by atoms with Crippen LogP contribution >= 0.6 is 0 Å². The molecule has 0 unspecified atom stereocenters. The molecule has 0 spiro atoms. The van der Waals surface area contributed by atoms with E-state index in [0.29, 0.717) is 5.56 Å². The number of carbonyl (C=O) groups is 1. The van der Waals surface area contributed by atoms with Gasteiger partial charge >= 0.3 is 17.3 Å². The molecule has 7 rings (SSSR count). The molecule has 22 nitrogen and oxygen atoms in total. The Bertz CT molecular complexity index is 2250. The number of aromatic hydroxyl groups is 4. The lowest BCUT2D eigenvalue weighted by atomic mass is 9.98. The molecular formula is C41H45O22+. The smallest absolute Gasteiger partial charge is 0.402 e. The van der Waals surface area contributed by atoms with E-state index in [1.165, 1.54) is 42.5 Å². The molecule has 3 aromatic carbocycles. The first-order chi connectivity index (χ1) is 30.0. The Morgan fingerprint density at radius 2 is 1.37 bits per heavy atom. The molecule has 14 atom stereocenters. The van der Waals surface area contributed by atoms with Gasteiger partial charge in [-0.15, -0.1) is 0 Å². The number of benzene rings is 3. The van der Waals surface area contributed by atoms with E-state index in [1.54, 1.807) is 0 Å². The van der Waals surface area contributed by atoms with Crippen LogP contribution < -0.4 is 9.47 Å². The minimum Gasteiger partial charge on any atom is -0.508 e. The Morgan fingerprint density at radius 3 is 2.08 bits per heavy atom. The molecule has 4 heterocycles. The van der Waals surface area contributed by atoms with E-state index < -0.39 is 129 Å². The van der Waals surface area contributed by atoms with Gasteiger partial charge in [-0.1, -0.05) is 12.1 Å². The number of fused-ring (bicyclic) bond motifs is 1. The number of hydrogen-bond acceptors (Lipinski definition) is 21. The van der Waals surface area contributed by atoms with Crippen LogP contribution in [0.15, 0.2) is 71.2 Å². The minimum atomic E-state index is -2.00. The van der Waals surface area contributed by atoms with Crippen molar-refractivity contribution in [3.63, 3.8) is 0 Å². The van der Waals surface area contributed by atoms with Gasteiger partial charge in [-0.3, -0.25) is 0 Å². The van der Waals surface area contributed by atoms with Crippen molar-refractivity contribution >= 4 is 23.0 Å². The molecule has 0 aliphatic carbocycles. The molecule has 3 saturated heterocycles. The van der Waals surface area contributed by atoms with Crippen molar-refractivity contribution in [2.24, 2.45) is 0 Å². The van der Waals surface area contributed by atoms with Crippen molar-refractivity contribution in [3.8, 4) is 45.8 Å². The molecule has 22 heteroatoms. The number of carbonyl (C=O) groups excluding carboxylic acids is 1. The monoisotopic (exact) mass is 889 g/mol. The van der Waals surface area contributed by atoms with Gasteiger partial charge in [-0.25, -0.2) is 9.21 Å². The van der Waals surface area contributed by atoms with Crippen molar-refractivity contribution in [3.05, 3.63) is 72.3 Å². The first-order valence-corrected chi connectivity index (χ1v) is 19.3. The van der Waals surface area contributed by atoms with Crippen molar-refractivity contribution in [1.82, 2.24) is 0 Å². The number of aliphatic hydroxyl groups is 9. The summed E-state index contributed by atoms with van der Waals surface area (Å²) in [6, 6.07) is 12.7. The summed E-state index contributed by atoms with van der Waals surface area (Å²) in [7, 11) is 0. The SMILES string of the molecule is O=C(/C=C/c1ccc(O)cc1)OC[C@@H]1O[C@H](Oc2cc3c(O[C@H]4O[C@@H](CO)[C@H](O)[C@@H](O)[C@@H]4O)cc(O)cc3[o+]c2-c2ccc(O)c(O)c2)[C@@H](O[C@H]2OC[C@H](O)[C@@H](O)[C@@H]2O)[C@H](O)[C@H]1O. The zero-order valence-corrected chi connectivity index (χ0v) is 32.6. The van der Waals surface area contributed by atoms with Gasteiger partial charge in [0.25, 0.3) is 0 Å². The lowest BCUT2D eigenvalue weighted by molar-refractivity contribution is -0.345. The highest BCUT2D eigenvalue weighted by Crippen LogP contribution is 2.43. The maximum absolute atomic E-state index is 12.7. The molecule has 0 amide bonds. The van der Waals surface area contributed by atoms with E-state index in [1.807, 2.05) is 0 Å². The molecule has 3 aliphatic heterocycles. The number of esters is 1. The first kappa shape index (κ1) is 45.6. The summed E-state index contributed by atoms with van der Waals surface area (Å²) in [6.45, 7) is -2.01. The maximum Gasteiger partial charge on any atom is 0.402 e. The average molecular weight is 890 g/mol. The molecule has 340 valence electrons. The highest BCUT2D eigenvalue weighted by molar-refractivity contribution is 5.89. The molecule has 1 aromatic heterocycles. The van der Waals surface area contributed by atoms with Gasteiger partial charge in [-0.05, 0) is 35.9 Å². The number of aliphatic hydroxyl groups excluding tert-OH is 9. The molecule has 0 radical (unpaired) electrons. The fourth-order valence-corrected chi connectivity index (χ4v) is 6.94. The number of hydrogen-bond donors (Lipinski definition) is 13. The van der Waals surface area contributed by atoms with Gasteiger partial charge in [-0.2, -0.15) is 0 Å². The minimum absolute atomic E-state index is 0.000881. The summed E-state index contributed by atoms with van der Waals surface area (Å²) in [4.78, 5) is 12.7. The van der Waals surface area contributed by atoms with E-state index in [0.717, 1.165) is 30.3 Å². The fraction of sp³-hybridized carbons (Fsp3) is 0.415. The van der Waals surface area contributed by atoms with Crippen LogP contribution in [0.2, 0.25) is 0 Å². The normalized spacial score (nSPS) is 32.4. The van der Waals surface area contributed by atoms with E-state index in [-0.39, 0.29) is 39.5 Å². The molecule has 0 bridgehead atoms. The Kier molecular flexibility index (Phi) is 13.8. The Morgan fingerprint density at radius 1 is 0.683 bits per heavy atom. The van der Waals surface area contributed by atoms with Crippen molar-refractivity contribution in [1.29, 1.82) is 0 Å². The summed E-state index contributed by atoms with van der Waals surface area (Å²) >= 11 is 0. The third-order valence-electron chi connectivity index (χ3n) is 10.5. The number of ether oxygens (including phenoxy) is 7. The van der Waals surface area contributed by atoms with E-state index >= 15 is 0 Å². The van der Waals surface area contributed by atoms with Crippen LogP contribution in [-0.4, -0.2) is 178 Å². The quantitative estimate of drug-likeness (QED) is 0.0326. The zero-order valence-electron chi connectivity index (χ0n) is 32.6. The number of phenolic OH excluding ortho intramolecular Hbond substituents is 4. The second-order valence-corrected chi connectivity index (χ2v) is 14.9. The number of phenols is 4. The van der Waals surface area contributed by atoms with E-state index in [2.05, 4.69) is 0 Å². The van der Waals surface area contributed by atoms with Crippen LogP contribution in [0.1, 0.15) is 5.56 Å². The second kappa shape index (κ2) is 19.1. The molecule has 13 N–H and O–H groups in total. The van der Waals surface area contributed by atoms with E-state index in [4.69, 9.17) is 37.6 Å². The Hall–Kier alpha value is -5.44. The molecule has 3 fully saturated rings. The highest BCUT2D eigenvalue weighted by Gasteiger charge is 2.51. The van der Waals surface area contributed by atoms with Gasteiger partial charge in [0, 0.05) is 24.3 Å². The maximum atomic E-state index is 12.7.